The van der Waals surface area contributed by atoms with E-state index in [2.05, 4.69) is 68.1 Å². The molecule has 0 saturated heterocycles. The zero-order valence-electron chi connectivity index (χ0n) is 15.2. The third-order valence-electron chi connectivity index (χ3n) is 4.98. The van der Waals surface area contributed by atoms with Crippen molar-refractivity contribution in [2.24, 2.45) is 0 Å². The van der Waals surface area contributed by atoms with Crippen LogP contribution < -0.4 is 0 Å². The third kappa shape index (κ3) is 3.59. The van der Waals surface area contributed by atoms with Gasteiger partial charge in [0.15, 0.2) is 5.78 Å². The summed E-state index contributed by atoms with van der Waals surface area (Å²) in [6, 6.07) is 14.9. The van der Waals surface area contributed by atoms with Gasteiger partial charge in [-0.1, -0.05) is 57.2 Å². The predicted octanol–water partition coefficient (Wildman–Crippen LogP) is 4.53. The topological polar surface area (TPSA) is 20.3 Å². The van der Waals surface area contributed by atoms with Crippen molar-refractivity contribution in [1.29, 1.82) is 0 Å². The highest BCUT2D eigenvalue weighted by Gasteiger charge is 2.21. The molecule has 0 atom stereocenters. The summed E-state index contributed by atoms with van der Waals surface area (Å²) in [5.74, 6) is 0.234. The van der Waals surface area contributed by atoms with E-state index >= 15 is 0 Å². The van der Waals surface area contributed by atoms with Gasteiger partial charge >= 0.3 is 0 Å². The summed E-state index contributed by atoms with van der Waals surface area (Å²) in [5.41, 5.74) is 6.02. The Balaban J connectivity index is 1.76. The molecule has 0 saturated carbocycles. The molecule has 3 rings (SSSR count). The van der Waals surface area contributed by atoms with Crippen molar-refractivity contribution < 1.29 is 4.79 Å². The molecule has 0 spiro atoms. The number of Topliss-reactive ketones (excluding diaryl/α,β-unsaturated/α-hetero) is 1. The summed E-state index contributed by atoms with van der Waals surface area (Å²) in [4.78, 5) is 15.2. The van der Waals surface area contributed by atoms with Crippen LogP contribution in [0.3, 0.4) is 0 Å². The lowest BCUT2D eigenvalue weighted by Gasteiger charge is -2.28. The molecule has 0 aromatic heterocycles. The van der Waals surface area contributed by atoms with Crippen LogP contribution in [0.5, 0.6) is 0 Å². The molecule has 0 N–H and O–H groups in total. The lowest BCUT2D eigenvalue weighted by molar-refractivity contribution is 0.0921. The standard InChI is InChI=1S/C22H27NO/c1-16-9-10-19(22(2,3)4)13-20(16)21(24)15-23-12-11-17-7-5-6-8-18(17)14-23/h5-10,13H,11-12,14-15H2,1-4H3. The van der Waals surface area contributed by atoms with Crippen LogP contribution >= 0.6 is 0 Å². The van der Waals surface area contributed by atoms with E-state index in [-0.39, 0.29) is 11.2 Å². The van der Waals surface area contributed by atoms with E-state index in [1.807, 2.05) is 6.92 Å². The van der Waals surface area contributed by atoms with Crippen molar-refractivity contribution in [3.63, 3.8) is 0 Å². The molecule has 0 aliphatic carbocycles. The Labute approximate surface area is 145 Å². The highest BCUT2D eigenvalue weighted by Crippen LogP contribution is 2.25. The first-order valence-electron chi connectivity index (χ1n) is 8.78. The third-order valence-corrected chi connectivity index (χ3v) is 4.98. The molecular weight excluding hydrogens is 294 g/mol. The van der Waals surface area contributed by atoms with Gasteiger partial charge in [0.05, 0.1) is 6.54 Å². The smallest absolute Gasteiger partial charge is 0.177 e. The lowest BCUT2D eigenvalue weighted by Crippen LogP contribution is -2.35. The zero-order valence-corrected chi connectivity index (χ0v) is 15.2. The number of benzene rings is 2. The molecule has 2 aromatic rings. The number of hydrogen-bond donors (Lipinski definition) is 0. The zero-order chi connectivity index (χ0) is 17.3. The molecule has 0 fully saturated rings. The van der Waals surface area contributed by atoms with Crippen molar-refractivity contribution in [3.05, 3.63) is 70.3 Å². The molecule has 1 aliphatic heterocycles. The van der Waals surface area contributed by atoms with Gasteiger partial charge in [0, 0.05) is 18.7 Å². The highest BCUT2D eigenvalue weighted by molar-refractivity contribution is 5.99. The number of rotatable bonds is 3. The van der Waals surface area contributed by atoms with E-state index in [9.17, 15) is 4.79 Å². The van der Waals surface area contributed by atoms with E-state index in [0.717, 1.165) is 30.6 Å². The van der Waals surface area contributed by atoms with Gasteiger partial charge in [-0.05, 0) is 47.1 Å². The molecule has 0 amide bonds. The second-order valence-electron chi connectivity index (χ2n) is 7.93. The number of aryl methyl sites for hydroxylation is 1. The number of carbonyl (C=O) groups is 1. The van der Waals surface area contributed by atoms with Crippen LogP contribution in [0.2, 0.25) is 0 Å². The minimum atomic E-state index is 0.0623. The first-order valence-corrected chi connectivity index (χ1v) is 8.78. The number of fused-ring (bicyclic) bond motifs is 1. The first-order chi connectivity index (χ1) is 11.3. The van der Waals surface area contributed by atoms with Crippen LogP contribution in [-0.4, -0.2) is 23.8 Å². The van der Waals surface area contributed by atoms with E-state index < -0.39 is 0 Å². The van der Waals surface area contributed by atoms with Crippen LogP contribution in [0.15, 0.2) is 42.5 Å². The van der Waals surface area contributed by atoms with Crippen molar-refractivity contribution in [2.75, 3.05) is 13.1 Å². The molecule has 0 radical (unpaired) electrons. The van der Waals surface area contributed by atoms with Crippen LogP contribution in [0, 0.1) is 6.92 Å². The number of carbonyl (C=O) groups excluding carboxylic acids is 1. The largest absolute Gasteiger partial charge is 0.293 e. The van der Waals surface area contributed by atoms with Crippen LogP contribution in [0.4, 0.5) is 0 Å². The maximum atomic E-state index is 12.9. The fourth-order valence-electron chi connectivity index (χ4n) is 3.37. The van der Waals surface area contributed by atoms with Crippen LogP contribution in [0.25, 0.3) is 0 Å². The Morgan fingerprint density at radius 1 is 1.08 bits per heavy atom. The minimum absolute atomic E-state index is 0.0623. The molecule has 2 nitrogen and oxygen atoms in total. The maximum Gasteiger partial charge on any atom is 0.177 e. The van der Waals surface area contributed by atoms with Gasteiger partial charge in [0.25, 0.3) is 0 Å². The van der Waals surface area contributed by atoms with Gasteiger partial charge in [-0.15, -0.1) is 0 Å². The molecule has 1 aliphatic rings. The fourth-order valence-corrected chi connectivity index (χ4v) is 3.37. The first kappa shape index (κ1) is 16.9. The summed E-state index contributed by atoms with van der Waals surface area (Å²) < 4.78 is 0. The molecule has 2 heteroatoms. The summed E-state index contributed by atoms with van der Waals surface area (Å²) >= 11 is 0. The fraction of sp³-hybridized carbons (Fsp3) is 0.409. The lowest BCUT2D eigenvalue weighted by atomic mass is 9.84. The maximum absolute atomic E-state index is 12.9. The predicted molar refractivity (Wildman–Crippen MR) is 99.6 cm³/mol. The van der Waals surface area contributed by atoms with Gasteiger partial charge < -0.3 is 0 Å². The molecule has 0 unspecified atom stereocenters. The Hall–Kier alpha value is -1.93. The molecule has 2 aromatic carbocycles. The molecular formula is C22H27NO. The van der Waals surface area contributed by atoms with Crippen molar-refractivity contribution in [3.8, 4) is 0 Å². The summed E-state index contributed by atoms with van der Waals surface area (Å²) in [7, 11) is 0. The SMILES string of the molecule is Cc1ccc(C(C)(C)C)cc1C(=O)CN1CCc2ccccc2C1. The number of ketones is 1. The average molecular weight is 321 g/mol. The molecule has 0 bridgehead atoms. The van der Waals surface area contributed by atoms with Gasteiger partial charge in [0.1, 0.15) is 0 Å². The Morgan fingerprint density at radius 2 is 1.79 bits per heavy atom. The second kappa shape index (κ2) is 6.52. The molecule has 1 heterocycles. The van der Waals surface area contributed by atoms with E-state index in [4.69, 9.17) is 0 Å². The van der Waals surface area contributed by atoms with Gasteiger partial charge in [-0.3, -0.25) is 9.69 Å². The van der Waals surface area contributed by atoms with Crippen molar-refractivity contribution in [2.45, 2.75) is 46.1 Å². The van der Waals surface area contributed by atoms with Gasteiger partial charge in [-0.2, -0.15) is 0 Å². The van der Waals surface area contributed by atoms with E-state index in [0.29, 0.717) is 6.54 Å². The quantitative estimate of drug-likeness (QED) is 0.774. The van der Waals surface area contributed by atoms with Crippen molar-refractivity contribution >= 4 is 5.78 Å². The van der Waals surface area contributed by atoms with Crippen molar-refractivity contribution in [1.82, 2.24) is 4.90 Å². The van der Waals surface area contributed by atoms with Crippen LogP contribution in [0.1, 0.15) is 53.4 Å². The van der Waals surface area contributed by atoms with Gasteiger partial charge in [0.2, 0.25) is 0 Å². The normalized spacial score (nSPS) is 15.2. The highest BCUT2D eigenvalue weighted by atomic mass is 16.1. The monoisotopic (exact) mass is 321 g/mol. The Morgan fingerprint density at radius 3 is 2.50 bits per heavy atom. The summed E-state index contributed by atoms with van der Waals surface area (Å²) in [6.07, 6.45) is 1.03. The summed E-state index contributed by atoms with van der Waals surface area (Å²) in [5, 5.41) is 0. The number of hydrogen-bond acceptors (Lipinski definition) is 2. The second-order valence-corrected chi connectivity index (χ2v) is 7.93. The van der Waals surface area contributed by atoms with Crippen LogP contribution in [-0.2, 0) is 18.4 Å². The van der Waals surface area contributed by atoms with E-state index in [1.54, 1.807) is 0 Å². The Bertz CT molecular complexity index is 755. The Kier molecular flexibility index (Phi) is 4.60. The molecule has 126 valence electrons. The molecule has 24 heavy (non-hydrogen) atoms. The summed E-state index contributed by atoms with van der Waals surface area (Å²) in [6.45, 7) is 10.9. The van der Waals surface area contributed by atoms with Gasteiger partial charge in [-0.25, -0.2) is 0 Å². The number of nitrogens with zero attached hydrogens (tertiary/aromatic N) is 1. The average Bonchev–Trinajstić information content (AvgIpc) is 2.54. The van der Waals surface area contributed by atoms with E-state index in [1.165, 1.54) is 16.7 Å². The minimum Gasteiger partial charge on any atom is -0.293 e.